The van der Waals surface area contributed by atoms with Crippen molar-refractivity contribution >= 4 is 0 Å². The normalized spacial score (nSPS) is 24.2. The van der Waals surface area contributed by atoms with E-state index in [2.05, 4.69) is 5.32 Å². The second kappa shape index (κ2) is 4.93. The molecule has 1 aliphatic carbocycles. The van der Waals surface area contributed by atoms with Gasteiger partial charge >= 0.3 is 0 Å². The van der Waals surface area contributed by atoms with Gasteiger partial charge in [-0.2, -0.15) is 0 Å². The molecule has 3 heteroatoms. The van der Waals surface area contributed by atoms with Crippen molar-refractivity contribution in [2.24, 2.45) is 0 Å². The third-order valence-electron chi connectivity index (χ3n) is 3.31. The van der Waals surface area contributed by atoms with Gasteiger partial charge in [-0.25, -0.2) is 4.39 Å². The van der Waals surface area contributed by atoms with Gasteiger partial charge in [-0.3, -0.25) is 0 Å². The molecule has 0 aliphatic heterocycles. The molecule has 0 amide bonds. The number of aryl methyl sites for hydroxylation is 1. The largest absolute Gasteiger partial charge is 0.381 e. The Morgan fingerprint density at radius 3 is 2.81 bits per heavy atom. The summed E-state index contributed by atoms with van der Waals surface area (Å²) in [5.74, 6) is -0.163. The maximum absolute atomic E-state index is 12.9. The third kappa shape index (κ3) is 2.60. The highest BCUT2D eigenvalue weighted by atomic mass is 19.1. The van der Waals surface area contributed by atoms with Crippen molar-refractivity contribution in [2.75, 3.05) is 7.11 Å². The summed E-state index contributed by atoms with van der Waals surface area (Å²) in [6.45, 7) is 2.76. The van der Waals surface area contributed by atoms with Gasteiger partial charge in [0, 0.05) is 19.7 Å². The Morgan fingerprint density at radius 1 is 1.44 bits per heavy atom. The number of ether oxygens (including phenoxy) is 1. The lowest BCUT2D eigenvalue weighted by molar-refractivity contribution is 0.0170. The Hall–Kier alpha value is -0.930. The van der Waals surface area contributed by atoms with E-state index in [0.29, 0.717) is 12.1 Å². The van der Waals surface area contributed by atoms with E-state index in [0.717, 1.165) is 24.9 Å². The van der Waals surface area contributed by atoms with E-state index < -0.39 is 0 Å². The summed E-state index contributed by atoms with van der Waals surface area (Å²) in [7, 11) is 1.75. The van der Waals surface area contributed by atoms with Crippen LogP contribution in [0.25, 0.3) is 0 Å². The van der Waals surface area contributed by atoms with Crippen LogP contribution in [0, 0.1) is 12.7 Å². The van der Waals surface area contributed by atoms with Gasteiger partial charge in [0.15, 0.2) is 0 Å². The maximum atomic E-state index is 12.9. The van der Waals surface area contributed by atoms with E-state index in [1.165, 1.54) is 11.6 Å². The summed E-state index contributed by atoms with van der Waals surface area (Å²) in [4.78, 5) is 0. The van der Waals surface area contributed by atoms with Crippen LogP contribution in [-0.2, 0) is 11.3 Å². The second-order valence-electron chi connectivity index (χ2n) is 4.48. The first-order chi connectivity index (χ1) is 7.69. The molecule has 1 fully saturated rings. The molecule has 1 N–H and O–H groups in total. The number of halogens is 1. The Kier molecular flexibility index (Phi) is 3.56. The standard InChI is InChI=1S/C13H18FNO/c1-9-5-11(14)4-3-10(9)8-15-12-6-13(7-12)16-2/h3-5,12-13,15H,6-8H2,1-2H3. The summed E-state index contributed by atoms with van der Waals surface area (Å²) < 4.78 is 18.1. The monoisotopic (exact) mass is 223 g/mol. The van der Waals surface area contributed by atoms with Gasteiger partial charge in [0.05, 0.1) is 6.10 Å². The molecule has 88 valence electrons. The third-order valence-corrected chi connectivity index (χ3v) is 3.31. The SMILES string of the molecule is COC1CC(NCc2ccc(F)cc2C)C1. The summed E-state index contributed by atoms with van der Waals surface area (Å²) in [5.41, 5.74) is 2.18. The Labute approximate surface area is 95.8 Å². The van der Waals surface area contributed by atoms with Gasteiger partial charge in [0.25, 0.3) is 0 Å². The quantitative estimate of drug-likeness (QED) is 0.846. The van der Waals surface area contributed by atoms with Gasteiger partial charge in [0.2, 0.25) is 0 Å². The zero-order chi connectivity index (χ0) is 11.5. The van der Waals surface area contributed by atoms with Crippen molar-refractivity contribution in [1.29, 1.82) is 0 Å². The molecule has 0 bridgehead atoms. The van der Waals surface area contributed by atoms with Crippen molar-refractivity contribution < 1.29 is 9.13 Å². The molecule has 0 spiro atoms. The van der Waals surface area contributed by atoms with Gasteiger partial charge in [-0.15, -0.1) is 0 Å². The minimum Gasteiger partial charge on any atom is -0.381 e. The number of hydrogen-bond acceptors (Lipinski definition) is 2. The second-order valence-corrected chi connectivity index (χ2v) is 4.48. The molecule has 0 atom stereocenters. The summed E-state index contributed by atoms with van der Waals surface area (Å²) >= 11 is 0. The fraction of sp³-hybridized carbons (Fsp3) is 0.538. The summed E-state index contributed by atoms with van der Waals surface area (Å²) in [5, 5.41) is 3.46. The molecule has 2 nitrogen and oxygen atoms in total. The maximum Gasteiger partial charge on any atom is 0.123 e. The Morgan fingerprint density at radius 2 is 2.19 bits per heavy atom. The molecule has 1 aromatic rings. The van der Waals surface area contributed by atoms with Crippen molar-refractivity contribution in [1.82, 2.24) is 5.32 Å². The van der Waals surface area contributed by atoms with Crippen LogP contribution in [0.3, 0.4) is 0 Å². The molecule has 0 heterocycles. The Balaban J connectivity index is 1.82. The van der Waals surface area contributed by atoms with Crippen LogP contribution in [0.5, 0.6) is 0 Å². The van der Waals surface area contributed by atoms with E-state index in [9.17, 15) is 4.39 Å². The molecule has 1 aromatic carbocycles. The van der Waals surface area contributed by atoms with Crippen LogP contribution < -0.4 is 5.32 Å². The molecule has 0 saturated heterocycles. The molecule has 16 heavy (non-hydrogen) atoms. The van der Waals surface area contributed by atoms with Crippen molar-refractivity contribution in [3.05, 3.63) is 35.1 Å². The lowest BCUT2D eigenvalue weighted by Crippen LogP contribution is -2.44. The highest BCUT2D eigenvalue weighted by Crippen LogP contribution is 2.23. The van der Waals surface area contributed by atoms with Gasteiger partial charge in [-0.05, 0) is 43.0 Å². The minimum absolute atomic E-state index is 0.163. The topological polar surface area (TPSA) is 21.3 Å². The fourth-order valence-corrected chi connectivity index (χ4v) is 2.04. The van der Waals surface area contributed by atoms with Crippen LogP contribution >= 0.6 is 0 Å². The molecular formula is C13H18FNO. The average molecular weight is 223 g/mol. The van der Waals surface area contributed by atoms with Crippen LogP contribution in [0.2, 0.25) is 0 Å². The highest BCUT2D eigenvalue weighted by molar-refractivity contribution is 5.26. The number of nitrogens with one attached hydrogen (secondary N) is 1. The minimum atomic E-state index is -0.163. The van der Waals surface area contributed by atoms with Crippen molar-refractivity contribution in [3.8, 4) is 0 Å². The fourth-order valence-electron chi connectivity index (χ4n) is 2.04. The first-order valence-electron chi connectivity index (χ1n) is 5.70. The van der Waals surface area contributed by atoms with Crippen molar-refractivity contribution in [3.63, 3.8) is 0 Å². The van der Waals surface area contributed by atoms with E-state index >= 15 is 0 Å². The molecule has 0 radical (unpaired) electrons. The predicted molar refractivity (Wildman–Crippen MR) is 61.8 cm³/mol. The molecule has 1 aliphatic rings. The van der Waals surface area contributed by atoms with Crippen molar-refractivity contribution in [2.45, 2.75) is 38.5 Å². The van der Waals surface area contributed by atoms with Gasteiger partial charge < -0.3 is 10.1 Å². The first kappa shape index (κ1) is 11.6. The van der Waals surface area contributed by atoms with Crippen LogP contribution in [0.4, 0.5) is 4.39 Å². The predicted octanol–water partition coefficient (Wildman–Crippen LogP) is 2.40. The van der Waals surface area contributed by atoms with E-state index in [4.69, 9.17) is 4.74 Å². The average Bonchev–Trinajstić information content (AvgIpc) is 2.18. The molecule has 0 aromatic heterocycles. The van der Waals surface area contributed by atoms with Crippen LogP contribution in [-0.4, -0.2) is 19.3 Å². The first-order valence-corrected chi connectivity index (χ1v) is 5.70. The number of benzene rings is 1. The zero-order valence-corrected chi connectivity index (χ0v) is 9.79. The molecular weight excluding hydrogens is 205 g/mol. The lowest BCUT2D eigenvalue weighted by Gasteiger charge is -2.35. The lowest BCUT2D eigenvalue weighted by atomic mass is 9.89. The van der Waals surface area contributed by atoms with E-state index in [1.807, 2.05) is 13.0 Å². The van der Waals surface area contributed by atoms with Gasteiger partial charge in [0.1, 0.15) is 5.82 Å². The number of hydrogen-bond donors (Lipinski definition) is 1. The highest BCUT2D eigenvalue weighted by Gasteiger charge is 2.28. The zero-order valence-electron chi connectivity index (χ0n) is 9.79. The number of rotatable bonds is 4. The van der Waals surface area contributed by atoms with E-state index in [-0.39, 0.29) is 5.82 Å². The molecule has 0 unspecified atom stereocenters. The summed E-state index contributed by atoms with van der Waals surface area (Å²) in [6.07, 6.45) is 2.58. The van der Waals surface area contributed by atoms with E-state index in [1.54, 1.807) is 13.2 Å². The Bertz CT molecular complexity index is 361. The van der Waals surface area contributed by atoms with Gasteiger partial charge in [-0.1, -0.05) is 6.07 Å². The number of methoxy groups -OCH3 is 1. The van der Waals surface area contributed by atoms with Crippen LogP contribution in [0.15, 0.2) is 18.2 Å². The summed E-state index contributed by atoms with van der Waals surface area (Å²) in [6, 6.07) is 5.50. The molecule has 2 rings (SSSR count). The molecule has 1 saturated carbocycles. The smallest absolute Gasteiger partial charge is 0.123 e. The van der Waals surface area contributed by atoms with Crippen LogP contribution in [0.1, 0.15) is 24.0 Å².